The van der Waals surface area contributed by atoms with Crippen molar-refractivity contribution in [2.75, 3.05) is 68.2 Å². The number of carbonyl (C=O) groups excluding carboxylic acids is 1. The Morgan fingerprint density at radius 1 is 0.981 bits per heavy atom. The fourth-order valence-corrected chi connectivity index (χ4v) is 7.94. The van der Waals surface area contributed by atoms with Crippen LogP contribution in [0.5, 0.6) is 11.5 Å². The third-order valence-corrected chi connectivity index (χ3v) is 11.0. The molecule has 2 amide bonds. The smallest absolute Gasteiger partial charge is 0.319 e. The average molecular weight is 733 g/mol. The molecule has 14 heteroatoms. The molecule has 1 aliphatic heterocycles. The van der Waals surface area contributed by atoms with E-state index in [9.17, 15) is 13.2 Å². The van der Waals surface area contributed by atoms with Crippen LogP contribution in [-0.4, -0.2) is 87.6 Å². The Balaban J connectivity index is 1.23. The number of methoxy groups -OCH3 is 1. The molecule has 0 radical (unpaired) electrons. The van der Waals surface area contributed by atoms with Crippen LogP contribution in [-0.2, 0) is 15.4 Å². The number of pyridine rings is 1. The van der Waals surface area contributed by atoms with Crippen LogP contribution in [0, 0.1) is 0 Å². The molecule has 0 spiro atoms. The second-order valence-corrected chi connectivity index (χ2v) is 17.0. The van der Waals surface area contributed by atoms with Crippen molar-refractivity contribution in [3.8, 4) is 11.5 Å². The molecule has 2 aliphatic rings. The highest BCUT2D eigenvalue weighted by Gasteiger charge is 2.31. The number of ether oxygens (including phenoxy) is 2. The fourth-order valence-electron chi connectivity index (χ4n) is 7.04. The number of nitrogens with zero attached hydrogens (tertiary/aromatic N) is 6. The molecule has 4 aromatic rings. The highest BCUT2D eigenvalue weighted by molar-refractivity contribution is 7.92. The van der Waals surface area contributed by atoms with Crippen molar-refractivity contribution in [2.45, 2.75) is 70.4 Å². The zero-order valence-electron chi connectivity index (χ0n) is 31.3. The normalized spacial score (nSPS) is 17.9. The summed E-state index contributed by atoms with van der Waals surface area (Å²) >= 11 is 0. The van der Waals surface area contributed by atoms with Crippen LogP contribution in [0.1, 0.15) is 81.7 Å². The van der Waals surface area contributed by atoms with Crippen molar-refractivity contribution in [2.24, 2.45) is 0 Å². The number of sulfonamides is 1. The molecule has 1 fully saturated rings. The van der Waals surface area contributed by atoms with Crippen LogP contribution < -0.4 is 29.3 Å². The van der Waals surface area contributed by atoms with E-state index in [4.69, 9.17) is 9.47 Å². The third-order valence-electron chi connectivity index (χ3n) is 9.82. The molecule has 1 aliphatic carbocycles. The summed E-state index contributed by atoms with van der Waals surface area (Å²) in [5.74, 6) is 1.84. The first-order valence-electron chi connectivity index (χ1n) is 18.0. The highest BCUT2D eigenvalue weighted by atomic mass is 32.2. The van der Waals surface area contributed by atoms with Gasteiger partial charge in [-0.2, -0.15) is 0 Å². The monoisotopic (exact) mass is 732 g/mol. The second kappa shape index (κ2) is 15.2. The number of benzene rings is 2. The predicted molar refractivity (Wildman–Crippen MR) is 205 cm³/mol. The minimum Gasteiger partial charge on any atom is -0.492 e. The van der Waals surface area contributed by atoms with Gasteiger partial charge in [-0.25, -0.2) is 13.2 Å². The maximum atomic E-state index is 13.8. The largest absolute Gasteiger partial charge is 0.492 e. The third kappa shape index (κ3) is 8.23. The van der Waals surface area contributed by atoms with Gasteiger partial charge in [-0.05, 0) is 92.6 Å². The minimum absolute atomic E-state index is 0.208. The number of urea groups is 1. The Labute approximate surface area is 307 Å². The van der Waals surface area contributed by atoms with Gasteiger partial charge in [-0.1, -0.05) is 45.0 Å². The summed E-state index contributed by atoms with van der Waals surface area (Å²) in [5, 5.41) is 15.0. The number of rotatable bonds is 11. The molecule has 3 heterocycles. The maximum Gasteiger partial charge on any atom is 0.319 e. The summed E-state index contributed by atoms with van der Waals surface area (Å²) in [6.07, 6.45) is 7.81. The molecule has 52 heavy (non-hydrogen) atoms. The van der Waals surface area contributed by atoms with Crippen LogP contribution in [0.25, 0.3) is 5.65 Å². The summed E-state index contributed by atoms with van der Waals surface area (Å²) in [7, 11) is 1.59. The minimum atomic E-state index is -3.68. The van der Waals surface area contributed by atoms with Crippen LogP contribution in [0.3, 0.4) is 0 Å². The molecule has 0 saturated carbocycles. The van der Waals surface area contributed by atoms with Gasteiger partial charge in [-0.15, -0.1) is 10.2 Å². The first kappa shape index (κ1) is 37.2. The number of piperidine rings is 1. The maximum absolute atomic E-state index is 13.8. The molecule has 2 atom stereocenters. The summed E-state index contributed by atoms with van der Waals surface area (Å²) in [4.78, 5) is 18.0. The van der Waals surface area contributed by atoms with Crippen molar-refractivity contribution < 1.29 is 22.7 Å². The number of hydrogen-bond acceptors (Lipinski definition) is 9. The highest BCUT2D eigenvalue weighted by Crippen LogP contribution is 2.42. The summed E-state index contributed by atoms with van der Waals surface area (Å²) in [5.41, 5.74) is 4.05. The Bertz CT molecular complexity index is 2000. The van der Waals surface area contributed by atoms with E-state index in [1.165, 1.54) is 24.1 Å². The Hall–Kier alpha value is -4.56. The Kier molecular flexibility index (Phi) is 10.9. The molecule has 2 aromatic heterocycles. The quantitative estimate of drug-likeness (QED) is 0.187. The van der Waals surface area contributed by atoms with E-state index in [-0.39, 0.29) is 29.9 Å². The van der Waals surface area contributed by atoms with Gasteiger partial charge < -0.3 is 29.9 Å². The van der Waals surface area contributed by atoms with Crippen LogP contribution in [0.4, 0.5) is 22.1 Å². The van der Waals surface area contributed by atoms with Crippen molar-refractivity contribution in [1.29, 1.82) is 0 Å². The van der Waals surface area contributed by atoms with E-state index in [1.54, 1.807) is 0 Å². The van der Waals surface area contributed by atoms with Crippen LogP contribution in [0.2, 0.25) is 0 Å². The average Bonchev–Trinajstić information content (AvgIpc) is 3.52. The van der Waals surface area contributed by atoms with E-state index < -0.39 is 16.1 Å². The standard InChI is InChI=1S/C38H52N8O5S/c1-38(2,3)26-23-31(35(50-6)32(24-26)46(52(7,48)49)22-21-43(4)5)40-36(47)39-30-16-17-33(29-14-10-9-13-28(29)30)51-27-15-18-34-41-42-37(45(34)25-27)44-19-11-8-12-20-44/h9-10,13-15,18,23-25,30,33H,8,11-12,16-17,19-22H2,1-7H3,(H2,39,40,47)/t30-,33+/m0/s1. The van der Waals surface area contributed by atoms with Gasteiger partial charge in [0.1, 0.15) is 11.9 Å². The van der Waals surface area contributed by atoms with Gasteiger partial charge >= 0.3 is 6.03 Å². The first-order chi connectivity index (χ1) is 24.7. The number of carbonyl (C=O) groups is 1. The molecular formula is C38H52N8O5S. The number of fused-ring (bicyclic) bond motifs is 2. The van der Waals surface area contributed by atoms with Gasteiger partial charge in [0.2, 0.25) is 16.0 Å². The van der Waals surface area contributed by atoms with E-state index >= 15 is 0 Å². The van der Waals surface area contributed by atoms with Gasteiger partial charge in [0.05, 0.1) is 37.0 Å². The number of hydrogen-bond donors (Lipinski definition) is 2. The number of amides is 2. The predicted octanol–water partition coefficient (Wildman–Crippen LogP) is 6.13. The topological polar surface area (TPSA) is 134 Å². The van der Waals surface area contributed by atoms with E-state index in [0.29, 0.717) is 30.8 Å². The lowest BCUT2D eigenvalue weighted by molar-refractivity contribution is 0.171. The lowest BCUT2D eigenvalue weighted by atomic mass is 9.85. The molecule has 2 aromatic carbocycles. The second-order valence-electron chi connectivity index (χ2n) is 15.1. The van der Waals surface area contributed by atoms with Crippen molar-refractivity contribution in [1.82, 2.24) is 24.8 Å². The number of aromatic nitrogens is 3. The van der Waals surface area contributed by atoms with Gasteiger partial charge in [-0.3, -0.25) is 8.71 Å². The first-order valence-corrected chi connectivity index (χ1v) is 19.9. The van der Waals surface area contributed by atoms with Gasteiger partial charge in [0.25, 0.3) is 0 Å². The van der Waals surface area contributed by atoms with E-state index in [0.717, 1.165) is 60.0 Å². The molecule has 1 saturated heterocycles. The van der Waals surface area contributed by atoms with Crippen LogP contribution >= 0.6 is 0 Å². The zero-order valence-corrected chi connectivity index (χ0v) is 32.2. The molecule has 280 valence electrons. The van der Waals surface area contributed by atoms with E-state index in [2.05, 4.69) is 31.8 Å². The Morgan fingerprint density at radius 3 is 2.38 bits per heavy atom. The molecule has 0 unspecified atom stereocenters. The summed E-state index contributed by atoms with van der Waals surface area (Å²) in [6.45, 7) is 8.79. The molecule has 6 rings (SSSR count). The lowest BCUT2D eigenvalue weighted by Gasteiger charge is -2.33. The number of likely N-dealkylation sites (N-methyl/N-ethyl adjacent to an activating group) is 1. The molecular weight excluding hydrogens is 681 g/mol. The molecule has 13 nitrogen and oxygen atoms in total. The SMILES string of the molecule is COc1c(NC(=O)N[C@H]2CC[C@@H](Oc3ccc4nnc(N5CCCCC5)n4c3)c3ccccc32)cc(C(C)(C)C)cc1N(CCN(C)C)S(C)(=O)=O. The molecule has 0 bridgehead atoms. The summed E-state index contributed by atoms with van der Waals surface area (Å²) < 4.78 is 42.0. The van der Waals surface area contributed by atoms with Crippen molar-refractivity contribution in [3.05, 3.63) is 71.4 Å². The zero-order chi connectivity index (χ0) is 37.2. The number of nitrogens with one attached hydrogen (secondary N) is 2. The lowest BCUT2D eigenvalue weighted by Crippen LogP contribution is -2.37. The number of anilines is 3. The fraction of sp³-hybridized carbons (Fsp3) is 0.500. The van der Waals surface area contributed by atoms with Gasteiger partial charge in [0, 0.05) is 26.2 Å². The van der Waals surface area contributed by atoms with E-state index in [1.807, 2.05) is 92.8 Å². The van der Waals surface area contributed by atoms with Crippen molar-refractivity contribution in [3.63, 3.8) is 0 Å². The van der Waals surface area contributed by atoms with Crippen molar-refractivity contribution >= 4 is 39.0 Å². The van der Waals surface area contributed by atoms with Gasteiger partial charge in [0.15, 0.2) is 11.4 Å². The Morgan fingerprint density at radius 2 is 1.71 bits per heavy atom. The summed E-state index contributed by atoms with van der Waals surface area (Å²) in [6, 6.07) is 14.9. The van der Waals surface area contributed by atoms with Crippen LogP contribution in [0.15, 0.2) is 54.7 Å². The molecule has 2 N–H and O–H groups in total.